The fraction of sp³-hybridized carbons (Fsp3) is 0.368. The zero-order valence-corrected chi connectivity index (χ0v) is 15.0. The highest BCUT2D eigenvalue weighted by Gasteiger charge is 2.35. The zero-order chi connectivity index (χ0) is 18.7. The first-order valence-electron chi connectivity index (χ1n) is 8.60. The maximum absolute atomic E-state index is 13.0. The molecule has 1 amide bonds. The van der Waals surface area contributed by atoms with Crippen molar-refractivity contribution in [2.24, 2.45) is 0 Å². The van der Waals surface area contributed by atoms with Crippen molar-refractivity contribution in [2.75, 3.05) is 31.1 Å². The number of hydrogen-bond acceptors (Lipinski definition) is 5. The molecule has 7 heteroatoms. The lowest BCUT2D eigenvalue weighted by Crippen LogP contribution is -2.53. The number of nitro groups is 1. The molecule has 1 aliphatic heterocycles. The van der Waals surface area contributed by atoms with E-state index in [0.717, 1.165) is 5.56 Å². The Morgan fingerprint density at radius 2 is 1.73 bits per heavy atom. The van der Waals surface area contributed by atoms with Gasteiger partial charge in [0.25, 0.3) is 0 Å². The Labute approximate surface area is 152 Å². The van der Waals surface area contributed by atoms with Crippen LogP contribution in [0.25, 0.3) is 0 Å². The largest absolute Gasteiger partial charge is 0.347 e. The standard InChI is InChI=1S/C19H22N4O3/c1-19(2,15-7-4-3-5-8-15)18(24)22-13-11-21(12-14-22)17-16(23(25)26)9-6-10-20-17/h3-10H,11-14H2,1-2H3. The Balaban J connectivity index is 1.71. The van der Waals surface area contributed by atoms with Crippen molar-refractivity contribution in [3.8, 4) is 0 Å². The monoisotopic (exact) mass is 354 g/mol. The van der Waals surface area contributed by atoms with Crippen LogP contribution in [0.3, 0.4) is 0 Å². The van der Waals surface area contributed by atoms with Crippen molar-refractivity contribution < 1.29 is 9.72 Å². The van der Waals surface area contributed by atoms with Crippen LogP contribution in [0.5, 0.6) is 0 Å². The van der Waals surface area contributed by atoms with Gasteiger partial charge in [-0.1, -0.05) is 30.3 Å². The van der Waals surface area contributed by atoms with Gasteiger partial charge < -0.3 is 9.80 Å². The minimum absolute atomic E-state index is 0.00288. The Hall–Kier alpha value is -2.96. The van der Waals surface area contributed by atoms with Gasteiger partial charge in [-0.2, -0.15) is 0 Å². The van der Waals surface area contributed by atoms with E-state index in [1.807, 2.05) is 54.0 Å². The van der Waals surface area contributed by atoms with Gasteiger partial charge in [0.2, 0.25) is 11.7 Å². The molecule has 136 valence electrons. The summed E-state index contributed by atoms with van der Waals surface area (Å²) >= 11 is 0. The normalized spacial score (nSPS) is 15.0. The quantitative estimate of drug-likeness (QED) is 0.623. The van der Waals surface area contributed by atoms with Crippen molar-refractivity contribution in [3.05, 3.63) is 64.3 Å². The number of carbonyl (C=O) groups excluding carboxylic acids is 1. The summed E-state index contributed by atoms with van der Waals surface area (Å²) in [4.78, 5) is 31.7. The van der Waals surface area contributed by atoms with E-state index >= 15 is 0 Å². The lowest BCUT2D eigenvalue weighted by molar-refractivity contribution is -0.384. The number of piperazine rings is 1. The van der Waals surface area contributed by atoms with Gasteiger partial charge in [0.05, 0.1) is 10.3 Å². The van der Waals surface area contributed by atoms with Gasteiger partial charge in [-0.25, -0.2) is 4.98 Å². The van der Waals surface area contributed by atoms with Gasteiger partial charge in [0.1, 0.15) is 0 Å². The van der Waals surface area contributed by atoms with E-state index in [9.17, 15) is 14.9 Å². The van der Waals surface area contributed by atoms with Crippen LogP contribution in [-0.2, 0) is 10.2 Å². The van der Waals surface area contributed by atoms with Crippen LogP contribution in [0.1, 0.15) is 19.4 Å². The number of carbonyl (C=O) groups is 1. The summed E-state index contributed by atoms with van der Waals surface area (Å²) in [5, 5.41) is 11.2. The van der Waals surface area contributed by atoms with Crippen LogP contribution in [0.4, 0.5) is 11.5 Å². The highest BCUT2D eigenvalue weighted by Crippen LogP contribution is 2.28. The molecule has 0 spiro atoms. The number of benzene rings is 1. The minimum Gasteiger partial charge on any atom is -0.347 e. The first kappa shape index (κ1) is 17.8. The van der Waals surface area contributed by atoms with Crippen LogP contribution in [-0.4, -0.2) is 46.9 Å². The summed E-state index contributed by atoms with van der Waals surface area (Å²) in [6, 6.07) is 12.7. The van der Waals surface area contributed by atoms with Crippen molar-refractivity contribution >= 4 is 17.4 Å². The number of aromatic nitrogens is 1. The summed E-state index contributed by atoms with van der Waals surface area (Å²) in [5.41, 5.74) is 0.366. The second-order valence-corrected chi connectivity index (χ2v) is 6.87. The molecule has 1 aliphatic rings. The number of rotatable bonds is 4. The molecular formula is C19H22N4O3. The third-order valence-corrected chi connectivity index (χ3v) is 4.86. The Bertz CT molecular complexity index is 799. The smallest absolute Gasteiger partial charge is 0.311 e. The Kier molecular flexibility index (Phi) is 4.88. The van der Waals surface area contributed by atoms with Crippen molar-refractivity contribution in [1.29, 1.82) is 0 Å². The number of hydrogen-bond donors (Lipinski definition) is 0. The molecule has 0 N–H and O–H groups in total. The van der Waals surface area contributed by atoms with E-state index in [-0.39, 0.29) is 11.6 Å². The molecule has 0 aliphatic carbocycles. The van der Waals surface area contributed by atoms with E-state index in [2.05, 4.69) is 4.98 Å². The highest BCUT2D eigenvalue weighted by atomic mass is 16.6. The summed E-state index contributed by atoms with van der Waals surface area (Å²) in [6.07, 6.45) is 1.55. The fourth-order valence-corrected chi connectivity index (χ4v) is 3.27. The first-order valence-corrected chi connectivity index (χ1v) is 8.60. The summed E-state index contributed by atoms with van der Waals surface area (Å²) in [5.74, 6) is 0.436. The Morgan fingerprint density at radius 1 is 1.08 bits per heavy atom. The molecule has 3 rings (SSSR count). The lowest BCUT2D eigenvalue weighted by Gasteiger charge is -2.39. The number of amides is 1. The molecule has 0 bridgehead atoms. The summed E-state index contributed by atoms with van der Waals surface area (Å²) < 4.78 is 0. The predicted octanol–water partition coefficient (Wildman–Crippen LogP) is 2.62. The number of anilines is 1. The predicted molar refractivity (Wildman–Crippen MR) is 99.2 cm³/mol. The molecule has 0 atom stereocenters. The maximum Gasteiger partial charge on any atom is 0.311 e. The third kappa shape index (κ3) is 3.37. The molecule has 0 unspecified atom stereocenters. The molecular weight excluding hydrogens is 332 g/mol. The minimum atomic E-state index is -0.611. The van der Waals surface area contributed by atoms with Gasteiger partial charge in [0, 0.05) is 38.4 Å². The van der Waals surface area contributed by atoms with Crippen molar-refractivity contribution in [1.82, 2.24) is 9.88 Å². The topological polar surface area (TPSA) is 79.6 Å². The van der Waals surface area contributed by atoms with Crippen LogP contribution >= 0.6 is 0 Å². The Morgan fingerprint density at radius 3 is 2.35 bits per heavy atom. The lowest BCUT2D eigenvalue weighted by atomic mass is 9.83. The third-order valence-electron chi connectivity index (χ3n) is 4.86. The SMILES string of the molecule is CC(C)(C(=O)N1CCN(c2ncccc2[N+](=O)[O-])CC1)c1ccccc1. The second kappa shape index (κ2) is 7.11. The molecule has 7 nitrogen and oxygen atoms in total. The van der Waals surface area contributed by atoms with Crippen LogP contribution in [0, 0.1) is 10.1 Å². The van der Waals surface area contributed by atoms with Gasteiger partial charge in [-0.3, -0.25) is 14.9 Å². The highest BCUT2D eigenvalue weighted by molar-refractivity contribution is 5.87. The number of nitrogens with zero attached hydrogens (tertiary/aromatic N) is 4. The molecule has 0 saturated carbocycles. The average molecular weight is 354 g/mol. The molecule has 2 aromatic rings. The molecule has 1 aromatic heterocycles. The molecule has 1 saturated heterocycles. The number of pyridine rings is 1. The van der Waals surface area contributed by atoms with E-state index < -0.39 is 10.3 Å². The average Bonchev–Trinajstić information content (AvgIpc) is 2.68. The summed E-state index contributed by atoms with van der Waals surface area (Å²) in [7, 11) is 0. The van der Waals surface area contributed by atoms with Gasteiger partial charge >= 0.3 is 5.69 Å². The van der Waals surface area contributed by atoms with Gasteiger partial charge in [0.15, 0.2) is 0 Å². The van der Waals surface area contributed by atoms with Crippen LogP contribution in [0.2, 0.25) is 0 Å². The van der Waals surface area contributed by atoms with Gasteiger partial charge in [-0.05, 0) is 25.5 Å². The first-order chi connectivity index (χ1) is 12.4. The van der Waals surface area contributed by atoms with Gasteiger partial charge in [-0.15, -0.1) is 0 Å². The molecule has 26 heavy (non-hydrogen) atoms. The molecule has 2 heterocycles. The van der Waals surface area contributed by atoms with Crippen molar-refractivity contribution in [3.63, 3.8) is 0 Å². The zero-order valence-electron chi connectivity index (χ0n) is 15.0. The molecule has 0 radical (unpaired) electrons. The summed E-state index contributed by atoms with van der Waals surface area (Å²) in [6.45, 7) is 5.94. The van der Waals surface area contributed by atoms with E-state index in [1.54, 1.807) is 12.3 Å². The fourth-order valence-electron chi connectivity index (χ4n) is 3.27. The van der Waals surface area contributed by atoms with Crippen molar-refractivity contribution in [2.45, 2.75) is 19.3 Å². The molecule has 1 fully saturated rings. The molecule has 1 aromatic carbocycles. The van der Waals surface area contributed by atoms with E-state index in [0.29, 0.717) is 32.0 Å². The van der Waals surface area contributed by atoms with E-state index in [1.165, 1.54) is 6.07 Å². The van der Waals surface area contributed by atoms with Crippen LogP contribution < -0.4 is 4.90 Å². The van der Waals surface area contributed by atoms with Crippen LogP contribution in [0.15, 0.2) is 48.7 Å². The second-order valence-electron chi connectivity index (χ2n) is 6.87. The maximum atomic E-state index is 13.0. The van der Waals surface area contributed by atoms with E-state index in [4.69, 9.17) is 0 Å².